The standard InChI is InChI=1S/C11H15N3O6S/c1-11(2,3)20-10(15)13(12)21(18,19)9-6-4-5-8(7-9)14(16)17/h4-7H,12H2,1-3H3. The van der Waals surface area contributed by atoms with Gasteiger partial charge in [0.1, 0.15) is 5.60 Å². The number of nitro groups is 1. The highest BCUT2D eigenvalue weighted by Crippen LogP contribution is 2.20. The molecule has 0 unspecified atom stereocenters. The average Bonchev–Trinajstić information content (AvgIpc) is 2.35. The molecule has 1 aromatic rings. The molecule has 10 heteroatoms. The van der Waals surface area contributed by atoms with Crippen molar-refractivity contribution in [2.75, 3.05) is 0 Å². The number of non-ortho nitro benzene ring substituents is 1. The van der Waals surface area contributed by atoms with Crippen molar-refractivity contribution in [2.45, 2.75) is 31.3 Å². The molecule has 0 aliphatic heterocycles. The van der Waals surface area contributed by atoms with E-state index in [2.05, 4.69) is 0 Å². The minimum absolute atomic E-state index is 0.0860. The van der Waals surface area contributed by atoms with Gasteiger partial charge in [0.2, 0.25) is 0 Å². The number of hydrogen-bond acceptors (Lipinski definition) is 7. The van der Waals surface area contributed by atoms with Crippen LogP contribution in [0.4, 0.5) is 10.5 Å². The van der Waals surface area contributed by atoms with Gasteiger partial charge >= 0.3 is 6.09 Å². The number of nitrogens with two attached hydrogens (primary N) is 1. The Hall–Kier alpha value is -2.20. The molecule has 116 valence electrons. The van der Waals surface area contributed by atoms with E-state index in [0.29, 0.717) is 0 Å². The summed E-state index contributed by atoms with van der Waals surface area (Å²) in [6.07, 6.45) is -1.28. The largest absolute Gasteiger partial charge is 0.442 e. The van der Waals surface area contributed by atoms with Crippen LogP contribution in [-0.2, 0) is 14.8 Å². The molecule has 0 aromatic heterocycles. The van der Waals surface area contributed by atoms with Crippen LogP contribution in [0.3, 0.4) is 0 Å². The summed E-state index contributed by atoms with van der Waals surface area (Å²) in [5.41, 5.74) is -1.37. The minimum atomic E-state index is -4.43. The number of hydrogen-bond donors (Lipinski definition) is 1. The van der Waals surface area contributed by atoms with Crippen molar-refractivity contribution in [3.63, 3.8) is 0 Å². The number of nitro benzene ring substituents is 1. The molecule has 0 aliphatic rings. The average molecular weight is 317 g/mol. The van der Waals surface area contributed by atoms with Gasteiger partial charge in [-0.3, -0.25) is 10.1 Å². The molecule has 0 spiro atoms. The lowest BCUT2D eigenvalue weighted by atomic mass is 10.2. The van der Waals surface area contributed by atoms with E-state index in [1.165, 1.54) is 6.07 Å². The topological polar surface area (TPSA) is 133 Å². The monoisotopic (exact) mass is 317 g/mol. The van der Waals surface area contributed by atoms with Gasteiger partial charge in [-0.25, -0.2) is 10.6 Å². The summed E-state index contributed by atoms with van der Waals surface area (Å²) in [7, 11) is -4.43. The molecular weight excluding hydrogens is 302 g/mol. The quantitative estimate of drug-likeness (QED) is 0.385. The molecule has 0 radical (unpaired) electrons. The summed E-state index contributed by atoms with van der Waals surface area (Å²) >= 11 is 0. The fourth-order valence-electron chi connectivity index (χ4n) is 1.28. The van der Waals surface area contributed by atoms with Crippen LogP contribution in [0.5, 0.6) is 0 Å². The van der Waals surface area contributed by atoms with E-state index in [1.807, 2.05) is 0 Å². The number of rotatable bonds is 3. The van der Waals surface area contributed by atoms with Crippen molar-refractivity contribution in [1.29, 1.82) is 0 Å². The molecule has 1 rings (SSSR count). The minimum Gasteiger partial charge on any atom is -0.442 e. The zero-order valence-corrected chi connectivity index (χ0v) is 12.5. The maximum atomic E-state index is 12.1. The van der Waals surface area contributed by atoms with Crippen molar-refractivity contribution in [2.24, 2.45) is 5.84 Å². The first-order valence-corrected chi connectivity index (χ1v) is 7.16. The Morgan fingerprint density at radius 3 is 2.43 bits per heavy atom. The first kappa shape index (κ1) is 16.9. The number of ether oxygens (including phenoxy) is 1. The van der Waals surface area contributed by atoms with Crippen molar-refractivity contribution < 1.29 is 22.9 Å². The van der Waals surface area contributed by atoms with Gasteiger partial charge in [0.15, 0.2) is 0 Å². The molecule has 0 bridgehead atoms. The molecule has 21 heavy (non-hydrogen) atoms. The second-order valence-electron chi connectivity index (χ2n) is 5.04. The molecular formula is C11H15N3O6S. The van der Waals surface area contributed by atoms with Gasteiger partial charge in [-0.15, -0.1) is 4.41 Å². The SMILES string of the molecule is CC(C)(C)OC(=O)N(N)S(=O)(=O)c1cccc([N+](=O)[O-])c1. The predicted molar refractivity (Wildman–Crippen MR) is 72.5 cm³/mol. The van der Waals surface area contributed by atoms with Crippen molar-refractivity contribution >= 4 is 21.8 Å². The van der Waals surface area contributed by atoms with E-state index in [9.17, 15) is 23.3 Å². The number of nitrogens with zero attached hydrogens (tertiary/aromatic N) is 2. The van der Waals surface area contributed by atoms with Gasteiger partial charge in [-0.2, -0.15) is 8.42 Å². The Morgan fingerprint density at radius 1 is 1.38 bits per heavy atom. The lowest BCUT2D eigenvalue weighted by Gasteiger charge is -2.23. The molecule has 9 nitrogen and oxygen atoms in total. The third-order valence-corrected chi connectivity index (χ3v) is 3.68. The number of carbonyl (C=O) groups is 1. The first-order chi connectivity index (χ1) is 9.45. The predicted octanol–water partition coefficient (Wildman–Crippen LogP) is 1.39. The Labute approximate surface area is 121 Å². The van der Waals surface area contributed by atoms with Crippen LogP contribution >= 0.6 is 0 Å². The molecule has 0 fully saturated rings. The number of sulfonamides is 1. The second-order valence-corrected chi connectivity index (χ2v) is 6.85. The summed E-state index contributed by atoms with van der Waals surface area (Å²) in [5, 5.41) is 10.6. The zero-order valence-electron chi connectivity index (χ0n) is 11.6. The Kier molecular flexibility index (Phi) is 4.54. The van der Waals surface area contributed by atoms with Gasteiger partial charge in [0.05, 0.1) is 9.82 Å². The normalized spacial score (nSPS) is 11.8. The van der Waals surface area contributed by atoms with E-state index in [1.54, 1.807) is 20.8 Å². The van der Waals surface area contributed by atoms with Crippen LogP contribution in [0.2, 0.25) is 0 Å². The van der Waals surface area contributed by atoms with Crippen LogP contribution in [0.15, 0.2) is 29.2 Å². The smallest absolute Gasteiger partial charge is 0.439 e. The molecule has 0 aliphatic carbocycles. The van der Waals surface area contributed by atoms with Gasteiger partial charge in [0.25, 0.3) is 15.7 Å². The van der Waals surface area contributed by atoms with Gasteiger partial charge in [0, 0.05) is 12.1 Å². The highest BCUT2D eigenvalue weighted by Gasteiger charge is 2.31. The van der Waals surface area contributed by atoms with Gasteiger partial charge in [-0.05, 0) is 26.8 Å². The Bertz CT molecular complexity index is 665. The van der Waals surface area contributed by atoms with Gasteiger partial charge in [-0.1, -0.05) is 6.07 Å². The van der Waals surface area contributed by atoms with E-state index in [0.717, 1.165) is 18.2 Å². The van der Waals surface area contributed by atoms with E-state index in [4.69, 9.17) is 10.6 Å². The lowest BCUT2D eigenvalue weighted by molar-refractivity contribution is -0.385. The van der Waals surface area contributed by atoms with Gasteiger partial charge < -0.3 is 4.74 Å². The number of amides is 1. The summed E-state index contributed by atoms with van der Waals surface area (Å²) in [6.45, 7) is 4.62. The Balaban J connectivity index is 3.13. The van der Waals surface area contributed by atoms with Crippen LogP contribution < -0.4 is 5.84 Å². The van der Waals surface area contributed by atoms with Crippen LogP contribution in [0, 0.1) is 10.1 Å². The highest BCUT2D eigenvalue weighted by atomic mass is 32.2. The second kappa shape index (κ2) is 5.66. The van der Waals surface area contributed by atoms with E-state index in [-0.39, 0.29) is 4.41 Å². The molecule has 0 saturated carbocycles. The highest BCUT2D eigenvalue weighted by molar-refractivity contribution is 7.89. The maximum absolute atomic E-state index is 12.1. The van der Waals surface area contributed by atoms with E-state index >= 15 is 0 Å². The fourth-order valence-corrected chi connectivity index (χ4v) is 2.26. The molecule has 1 amide bonds. The van der Waals surface area contributed by atoms with Crippen molar-refractivity contribution in [1.82, 2.24) is 4.41 Å². The number of benzene rings is 1. The third kappa shape index (κ3) is 4.13. The van der Waals surface area contributed by atoms with E-state index < -0.39 is 37.2 Å². The first-order valence-electron chi connectivity index (χ1n) is 5.72. The third-order valence-electron chi connectivity index (χ3n) is 2.16. The Morgan fingerprint density at radius 2 is 1.95 bits per heavy atom. The summed E-state index contributed by atoms with van der Waals surface area (Å²) < 4.78 is 29.0. The molecule has 0 heterocycles. The molecule has 2 N–H and O–H groups in total. The molecule has 0 atom stereocenters. The fraction of sp³-hybridized carbons (Fsp3) is 0.364. The summed E-state index contributed by atoms with van der Waals surface area (Å²) in [6, 6.07) is 4.19. The number of hydrazine groups is 1. The van der Waals surface area contributed by atoms with Crippen molar-refractivity contribution in [3.8, 4) is 0 Å². The van der Waals surface area contributed by atoms with Crippen LogP contribution in [0.1, 0.15) is 20.8 Å². The summed E-state index contributed by atoms with van der Waals surface area (Å²) in [4.78, 5) is 21.1. The van der Waals surface area contributed by atoms with Crippen LogP contribution in [0.25, 0.3) is 0 Å². The number of carbonyl (C=O) groups excluding carboxylic acids is 1. The molecule has 1 aromatic carbocycles. The zero-order chi connectivity index (χ0) is 16.4. The maximum Gasteiger partial charge on any atom is 0.439 e. The van der Waals surface area contributed by atoms with Crippen molar-refractivity contribution in [3.05, 3.63) is 34.4 Å². The molecule has 0 saturated heterocycles. The van der Waals surface area contributed by atoms with Crippen LogP contribution in [-0.4, -0.2) is 29.4 Å². The summed E-state index contributed by atoms with van der Waals surface area (Å²) in [5.74, 6) is 5.26. The lowest BCUT2D eigenvalue weighted by Crippen LogP contribution is -2.45.